The molecule has 0 radical (unpaired) electrons. The molecule has 1 heterocycles. The van der Waals surface area contributed by atoms with E-state index in [9.17, 15) is 13.2 Å². The predicted molar refractivity (Wildman–Crippen MR) is 114 cm³/mol. The van der Waals surface area contributed by atoms with Gasteiger partial charge in [-0.15, -0.1) is 0 Å². The first-order valence-corrected chi connectivity index (χ1v) is 11.5. The fourth-order valence-corrected chi connectivity index (χ4v) is 5.14. The zero-order chi connectivity index (χ0) is 20.9. The van der Waals surface area contributed by atoms with Gasteiger partial charge in [0.05, 0.1) is 17.6 Å². The number of nitrogens with one attached hydrogen (secondary N) is 1. The number of nitrogens with zero attached hydrogens (tertiary/aromatic N) is 1. The zero-order valence-corrected chi connectivity index (χ0v) is 17.8. The normalized spacial score (nSPS) is 15.5. The molecule has 0 bridgehead atoms. The summed E-state index contributed by atoms with van der Waals surface area (Å²) >= 11 is 0. The lowest BCUT2D eigenvalue weighted by molar-refractivity contribution is 0.102. The maximum Gasteiger partial charge on any atom is 0.259 e. The van der Waals surface area contributed by atoms with Gasteiger partial charge in [0, 0.05) is 18.8 Å². The third-order valence-electron chi connectivity index (χ3n) is 5.26. The number of para-hydroxylation sites is 1. The van der Waals surface area contributed by atoms with Gasteiger partial charge in [0.25, 0.3) is 5.91 Å². The number of aryl methyl sites for hydroxylation is 1. The summed E-state index contributed by atoms with van der Waals surface area (Å²) in [4.78, 5) is 13.1. The molecule has 1 amide bonds. The lowest BCUT2D eigenvalue weighted by atomic mass is 10.1. The van der Waals surface area contributed by atoms with Gasteiger partial charge >= 0.3 is 0 Å². The van der Waals surface area contributed by atoms with Gasteiger partial charge in [0.15, 0.2) is 0 Å². The number of ether oxygens (including phenoxy) is 1. The summed E-state index contributed by atoms with van der Waals surface area (Å²) in [5.74, 6) is -0.0537. The van der Waals surface area contributed by atoms with E-state index in [0.717, 1.165) is 37.7 Å². The Kier molecular flexibility index (Phi) is 6.92. The number of anilines is 1. The number of amides is 1. The van der Waals surface area contributed by atoms with E-state index in [1.165, 1.54) is 23.5 Å². The third-order valence-corrected chi connectivity index (χ3v) is 7.16. The molecule has 0 aliphatic carbocycles. The number of sulfonamides is 1. The summed E-state index contributed by atoms with van der Waals surface area (Å²) in [5, 5.41) is 2.89. The lowest BCUT2D eigenvalue weighted by Gasteiger charge is -2.21. The van der Waals surface area contributed by atoms with Gasteiger partial charge in [0.1, 0.15) is 5.75 Å². The minimum atomic E-state index is -3.65. The van der Waals surface area contributed by atoms with Crippen LogP contribution in [0.15, 0.2) is 47.4 Å². The molecule has 1 aliphatic heterocycles. The van der Waals surface area contributed by atoms with Crippen LogP contribution in [0, 0.1) is 0 Å². The van der Waals surface area contributed by atoms with Crippen molar-refractivity contribution in [3.8, 4) is 5.75 Å². The topological polar surface area (TPSA) is 75.7 Å². The quantitative estimate of drug-likeness (QED) is 0.770. The first-order chi connectivity index (χ1) is 14.0. The average molecular weight is 417 g/mol. The molecule has 7 heteroatoms. The Morgan fingerprint density at radius 2 is 1.76 bits per heavy atom. The number of carbonyl (C=O) groups excluding carboxylic acids is 1. The van der Waals surface area contributed by atoms with E-state index in [-0.39, 0.29) is 10.5 Å². The largest absolute Gasteiger partial charge is 0.496 e. The molecule has 2 aromatic rings. The van der Waals surface area contributed by atoms with Gasteiger partial charge in [-0.2, -0.15) is 4.31 Å². The highest BCUT2D eigenvalue weighted by atomic mass is 32.2. The molecular weight excluding hydrogens is 388 g/mol. The second kappa shape index (κ2) is 9.41. The molecule has 2 aromatic carbocycles. The fourth-order valence-electron chi connectivity index (χ4n) is 3.60. The minimum absolute atomic E-state index is 0.120. The van der Waals surface area contributed by atoms with Crippen molar-refractivity contribution >= 4 is 21.6 Å². The van der Waals surface area contributed by atoms with E-state index >= 15 is 0 Å². The van der Waals surface area contributed by atoms with Crippen LogP contribution in [0.3, 0.4) is 0 Å². The Labute approximate surface area is 172 Å². The third kappa shape index (κ3) is 4.79. The number of rotatable bonds is 6. The summed E-state index contributed by atoms with van der Waals surface area (Å²) in [5.41, 5.74) is 1.92. The van der Waals surface area contributed by atoms with Gasteiger partial charge in [-0.3, -0.25) is 4.79 Å². The number of carbonyl (C=O) groups is 1. The Balaban J connectivity index is 1.93. The molecule has 1 fully saturated rings. The first kappa shape index (κ1) is 21.3. The molecular formula is C22H28N2O4S. The highest BCUT2D eigenvalue weighted by Gasteiger charge is 2.27. The van der Waals surface area contributed by atoms with Crippen molar-refractivity contribution in [2.24, 2.45) is 0 Å². The van der Waals surface area contributed by atoms with Gasteiger partial charge in [-0.25, -0.2) is 8.42 Å². The number of benzene rings is 2. The Bertz CT molecular complexity index is 965. The molecule has 29 heavy (non-hydrogen) atoms. The van der Waals surface area contributed by atoms with Crippen LogP contribution in [0.25, 0.3) is 0 Å². The molecule has 1 N–H and O–H groups in total. The summed E-state index contributed by atoms with van der Waals surface area (Å²) < 4.78 is 33.1. The number of hydrogen-bond acceptors (Lipinski definition) is 4. The Morgan fingerprint density at radius 3 is 2.41 bits per heavy atom. The van der Waals surface area contributed by atoms with Crippen LogP contribution in [0.4, 0.5) is 5.69 Å². The SMILES string of the molecule is CCc1ccccc1NC(=O)c1cc(S(=O)(=O)N2CCCCCC2)ccc1OC. The predicted octanol–water partition coefficient (Wildman–Crippen LogP) is 4.07. The van der Waals surface area contributed by atoms with Gasteiger partial charge in [-0.1, -0.05) is 38.0 Å². The van der Waals surface area contributed by atoms with Crippen molar-refractivity contribution in [1.29, 1.82) is 0 Å². The Hall–Kier alpha value is -2.38. The molecule has 3 rings (SSSR count). The van der Waals surface area contributed by atoms with E-state index in [0.29, 0.717) is 24.5 Å². The monoisotopic (exact) mass is 416 g/mol. The van der Waals surface area contributed by atoms with E-state index in [1.54, 1.807) is 6.07 Å². The van der Waals surface area contributed by atoms with E-state index in [4.69, 9.17) is 4.74 Å². The summed E-state index contributed by atoms with van der Waals surface area (Å²) in [6.45, 7) is 3.04. The lowest BCUT2D eigenvalue weighted by Crippen LogP contribution is -2.32. The summed E-state index contributed by atoms with van der Waals surface area (Å²) in [6.07, 6.45) is 4.57. The Morgan fingerprint density at radius 1 is 1.07 bits per heavy atom. The van der Waals surface area contributed by atoms with Crippen molar-refractivity contribution in [1.82, 2.24) is 4.31 Å². The smallest absolute Gasteiger partial charge is 0.259 e. The van der Waals surface area contributed by atoms with Crippen LogP contribution < -0.4 is 10.1 Å². The van der Waals surface area contributed by atoms with Crippen LogP contribution in [-0.4, -0.2) is 38.8 Å². The molecule has 0 unspecified atom stereocenters. The molecule has 0 aromatic heterocycles. The van der Waals surface area contributed by atoms with Crippen molar-refractivity contribution in [3.05, 3.63) is 53.6 Å². The average Bonchev–Trinajstić information content (AvgIpc) is 3.03. The zero-order valence-electron chi connectivity index (χ0n) is 17.0. The standard InChI is InChI=1S/C22H28N2O4S/c1-3-17-10-6-7-11-20(17)23-22(25)19-16-18(12-13-21(19)28-2)29(26,27)24-14-8-4-5-9-15-24/h6-7,10-13,16H,3-5,8-9,14-15H2,1-2H3,(H,23,25). The molecule has 1 saturated heterocycles. The van der Waals surface area contributed by atoms with Crippen molar-refractivity contribution in [2.75, 3.05) is 25.5 Å². The van der Waals surface area contributed by atoms with Crippen molar-refractivity contribution in [3.63, 3.8) is 0 Å². The van der Waals surface area contributed by atoms with Crippen LogP contribution in [0.2, 0.25) is 0 Å². The van der Waals surface area contributed by atoms with E-state index in [1.807, 2.05) is 31.2 Å². The number of methoxy groups -OCH3 is 1. The summed E-state index contributed by atoms with van der Waals surface area (Å²) in [7, 11) is -2.19. The van der Waals surface area contributed by atoms with Crippen LogP contribution in [0.1, 0.15) is 48.5 Å². The van der Waals surface area contributed by atoms with Crippen LogP contribution >= 0.6 is 0 Å². The maximum atomic E-state index is 13.1. The fraction of sp³-hybridized carbons (Fsp3) is 0.409. The molecule has 0 saturated carbocycles. The van der Waals surface area contributed by atoms with E-state index < -0.39 is 15.9 Å². The van der Waals surface area contributed by atoms with Gasteiger partial charge < -0.3 is 10.1 Å². The van der Waals surface area contributed by atoms with Gasteiger partial charge in [0.2, 0.25) is 10.0 Å². The van der Waals surface area contributed by atoms with Crippen LogP contribution in [-0.2, 0) is 16.4 Å². The highest BCUT2D eigenvalue weighted by molar-refractivity contribution is 7.89. The van der Waals surface area contributed by atoms with Gasteiger partial charge in [-0.05, 0) is 49.1 Å². The van der Waals surface area contributed by atoms with Crippen LogP contribution in [0.5, 0.6) is 5.75 Å². The first-order valence-electron chi connectivity index (χ1n) is 10.0. The molecule has 0 atom stereocenters. The summed E-state index contributed by atoms with van der Waals surface area (Å²) in [6, 6.07) is 12.0. The number of hydrogen-bond donors (Lipinski definition) is 1. The van der Waals surface area contributed by atoms with Crippen molar-refractivity contribution < 1.29 is 17.9 Å². The molecule has 6 nitrogen and oxygen atoms in total. The van der Waals surface area contributed by atoms with Crippen molar-refractivity contribution in [2.45, 2.75) is 43.9 Å². The second-order valence-electron chi connectivity index (χ2n) is 7.15. The molecule has 0 spiro atoms. The van der Waals surface area contributed by atoms with E-state index in [2.05, 4.69) is 5.32 Å². The second-order valence-corrected chi connectivity index (χ2v) is 9.08. The highest BCUT2D eigenvalue weighted by Crippen LogP contribution is 2.27. The molecule has 156 valence electrons. The molecule has 1 aliphatic rings. The maximum absolute atomic E-state index is 13.1. The minimum Gasteiger partial charge on any atom is -0.496 e.